The molecule has 130 valence electrons. The number of azo groups is 1. The minimum Gasteiger partial charge on any atom is -0.256 e. The highest BCUT2D eigenvalue weighted by atomic mass is 35.5. The molecule has 0 atom stereocenters. The lowest BCUT2D eigenvalue weighted by molar-refractivity contribution is 1.20. The zero-order chi connectivity index (χ0) is 18.5. The summed E-state index contributed by atoms with van der Waals surface area (Å²) < 4.78 is 0. The van der Waals surface area contributed by atoms with Gasteiger partial charge in [-0.25, -0.2) is 0 Å². The van der Waals surface area contributed by atoms with Gasteiger partial charge < -0.3 is 0 Å². The minimum absolute atomic E-state index is 0.572. The highest BCUT2D eigenvalue weighted by molar-refractivity contribution is 6.36. The number of aryl methyl sites for hydroxylation is 2. The van der Waals surface area contributed by atoms with Gasteiger partial charge in [-0.1, -0.05) is 47.5 Å². The van der Waals surface area contributed by atoms with Crippen LogP contribution in [0.3, 0.4) is 0 Å². The number of halogens is 2. The lowest BCUT2D eigenvalue weighted by atomic mass is 10.2. The van der Waals surface area contributed by atoms with E-state index in [1.807, 2.05) is 62.4 Å². The third-order valence-electron chi connectivity index (χ3n) is 3.87. The fourth-order valence-electron chi connectivity index (χ4n) is 2.38. The molecule has 3 aromatic rings. The van der Waals surface area contributed by atoms with Crippen molar-refractivity contribution in [3.05, 3.63) is 87.4 Å². The average molecular weight is 382 g/mol. The maximum absolute atomic E-state index is 6.17. The largest absolute Gasteiger partial charge is 0.256 e. The van der Waals surface area contributed by atoms with Crippen LogP contribution >= 0.6 is 23.2 Å². The van der Waals surface area contributed by atoms with Crippen molar-refractivity contribution in [2.45, 2.75) is 13.8 Å². The summed E-state index contributed by atoms with van der Waals surface area (Å²) in [4.78, 5) is 4.52. The van der Waals surface area contributed by atoms with Crippen molar-refractivity contribution in [3.8, 4) is 0 Å². The van der Waals surface area contributed by atoms with E-state index >= 15 is 0 Å². The van der Waals surface area contributed by atoms with Crippen molar-refractivity contribution >= 4 is 46.5 Å². The molecule has 0 saturated carbocycles. The zero-order valence-electron chi connectivity index (χ0n) is 14.4. The Labute approximate surface area is 163 Å². The Morgan fingerprint density at radius 1 is 0.769 bits per heavy atom. The van der Waals surface area contributed by atoms with Gasteiger partial charge in [-0.2, -0.15) is 10.2 Å². The van der Waals surface area contributed by atoms with Crippen LogP contribution in [0.15, 0.2) is 75.9 Å². The fraction of sp³-hybridized carbons (Fsp3) is 0.0952. The van der Waals surface area contributed by atoms with Gasteiger partial charge in [0.15, 0.2) is 0 Å². The SMILES string of the molecule is Cc1cc(N=Nc2ccccc2C)ccc1N=Cc1ccc(Cl)cc1Cl. The first-order valence-electron chi connectivity index (χ1n) is 8.10. The predicted octanol–water partition coefficient (Wildman–Crippen LogP) is 7.78. The molecule has 0 saturated heterocycles. The van der Waals surface area contributed by atoms with Crippen LogP contribution < -0.4 is 0 Å². The predicted molar refractivity (Wildman–Crippen MR) is 110 cm³/mol. The van der Waals surface area contributed by atoms with Crippen LogP contribution in [0.2, 0.25) is 10.0 Å². The van der Waals surface area contributed by atoms with E-state index in [1.54, 1.807) is 18.3 Å². The van der Waals surface area contributed by atoms with Crippen molar-refractivity contribution in [1.29, 1.82) is 0 Å². The molecule has 0 aliphatic carbocycles. The van der Waals surface area contributed by atoms with E-state index in [0.717, 1.165) is 33.8 Å². The first kappa shape index (κ1) is 18.3. The van der Waals surface area contributed by atoms with Gasteiger partial charge in [-0.3, -0.25) is 4.99 Å². The van der Waals surface area contributed by atoms with E-state index in [0.29, 0.717) is 10.0 Å². The molecule has 0 aromatic heterocycles. The number of benzene rings is 3. The Morgan fingerprint density at radius 3 is 2.31 bits per heavy atom. The number of rotatable bonds is 4. The maximum Gasteiger partial charge on any atom is 0.0886 e. The topological polar surface area (TPSA) is 37.1 Å². The monoisotopic (exact) mass is 381 g/mol. The van der Waals surface area contributed by atoms with Gasteiger partial charge >= 0.3 is 0 Å². The average Bonchev–Trinajstić information content (AvgIpc) is 2.61. The molecule has 3 rings (SSSR count). The molecule has 0 unspecified atom stereocenters. The Kier molecular flexibility index (Phi) is 5.82. The van der Waals surface area contributed by atoms with Gasteiger partial charge in [0, 0.05) is 16.8 Å². The Balaban J connectivity index is 1.79. The van der Waals surface area contributed by atoms with Crippen LogP contribution in [-0.4, -0.2) is 6.21 Å². The summed E-state index contributed by atoms with van der Waals surface area (Å²) in [5, 5.41) is 9.81. The first-order chi connectivity index (χ1) is 12.5. The van der Waals surface area contributed by atoms with Gasteiger partial charge in [0.05, 0.1) is 22.1 Å². The van der Waals surface area contributed by atoms with Crippen molar-refractivity contribution in [3.63, 3.8) is 0 Å². The smallest absolute Gasteiger partial charge is 0.0886 e. The van der Waals surface area contributed by atoms with Crippen molar-refractivity contribution < 1.29 is 0 Å². The summed E-state index contributed by atoms with van der Waals surface area (Å²) in [7, 11) is 0. The summed E-state index contributed by atoms with van der Waals surface area (Å²) in [6.07, 6.45) is 1.73. The third kappa shape index (κ3) is 4.57. The van der Waals surface area contributed by atoms with E-state index in [2.05, 4.69) is 15.2 Å². The Bertz CT molecular complexity index is 994. The van der Waals surface area contributed by atoms with Crippen LogP contribution in [0.25, 0.3) is 0 Å². The summed E-state index contributed by atoms with van der Waals surface area (Å²) in [5.74, 6) is 0. The van der Waals surface area contributed by atoms with Crippen molar-refractivity contribution in [1.82, 2.24) is 0 Å². The van der Waals surface area contributed by atoms with Gasteiger partial charge in [0.1, 0.15) is 0 Å². The van der Waals surface area contributed by atoms with Crippen LogP contribution in [0.4, 0.5) is 17.1 Å². The molecular formula is C21H17Cl2N3. The molecule has 26 heavy (non-hydrogen) atoms. The van der Waals surface area contributed by atoms with Crippen LogP contribution in [0.5, 0.6) is 0 Å². The zero-order valence-corrected chi connectivity index (χ0v) is 16.0. The molecule has 0 bridgehead atoms. The minimum atomic E-state index is 0.572. The van der Waals surface area contributed by atoms with Gasteiger partial charge in [0.2, 0.25) is 0 Å². The molecule has 0 spiro atoms. The lowest BCUT2D eigenvalue weighted by Gasteiger charge is -2.03. The summed E-state index contributed by atoms with van der Waals surface area (Å²) in [6, 6.07) is 19.0. The number of nitrogens with zero attached hydrogens (tertiary/aromatic N) is 3. The highest BCUT2D eigenvalue weighted by Gasteiger charge is 2.01. The molecule has 0 heterocycles. The quantitative estimate of drug-likeness (QED) is 0.326. The lowest BCUT2D eigenvalue weighted by Crippen LogP contribution is -1.83. The molecule has 5 heteroatoms. The molecule has 0 aliphatic rings. The second-order valence-corrected chi connectivity index (χ2v) is 6.72. The fourth-order valence-corrected chi connectivity index (χ4v) is 2.84. The van der Waals surface area contributed by atoms with Gasteiger partial charge in [0.25, 0.3) is 0 Å². The molecule has 0 amide bonds. The number of aliphatic imine (C=N–C) groups is 1. The van der Waals surface area contributed by atoms with Gasteiger partial charge in [-0.15, -0.1) is 0 Å². The molecule has 0 radical (unpaired) electrons. The number of hydrogen-bond acceptors (Lipinski definition) is 3. The van der Waals surface area contributed by atoms with Crippen molar-refractivity contribution in [2.24, 2.45) is 15.2 Å². The molecular weight excluding hydrogens is 365 g/mol. The molecule has 0 fully saturated rings. The highest BCUT2D eigenvalue weighted by Crippen LogP contribution is 2.27. The molecule has 3 nitrogen and oxygen atoms in total. The van der Waals surface area contributed by atoms with Crippen LogP contribution in [0.1, 0.15) is 16.7 Å². The van der Waals surface area contributed by atoms with Crippen LogP contribution in [0, 0.1) is 13.8 Å². The summed E-state index contributed by atoms with van der Waals surface area (Å²) >= 11 is 12.1. The van der Waals surface area contributed by atoms with E-state index in [1.165, 1.54) is 0 Å². The summed E-state index contributed by atoms with van der Waals surface area (Å²) in [5.41, 5.74) is 5.42. The van der Waals surface area contributed by atoms with Crippen LogP contribution in [-0.2, 0) is 0 Å². The normalized spacial score (nSPS) is 11.5. The standard InChI is InChI=1S/C21H17Cl2N3/c1-14-5-3-4-6-21(14)26-25-18-9-10-20(15(2)11-18)24-13-16-7-8-17(22)12-19(16)23/h3-13H,1-2H3. The van der Waals surface area contributed by atoms with Crippen molar-refractivity contribution in [2.75, 3.05) is 0 Å². The summed E-state index contributed by atoms with van der Waals surface area (Å²) in [6.45, 7) is 4.00. The first-order valence-corrected chi connectivity index (χ1v) is 8.86. The van der Waals surface area contributed by atoms with E-state index in [4.69, 9.17) is 23.2 Å². The second kappa shape index (κ2) is 8.26. The molecule has 3 aromatic carbocycles. The third-order valence-corrected chi connectivity index (χ3v) is 4.44. The molecule has 0 aliphatic heterocycles. The maximum atomic E-state index is 6.17. The van der Waals surface area contributed by atoms with Gasteiger partial charge in [-0.05, 0) is 61.4 Å². The molecule has 0 N–H and O–H groups in total. The Morgan fingerprint density at radius 2 is 1.58 bits per heavy atom. The number of hydrogen-bond donors (Lipinski definition) is 0. The van der Waals surface area contributed by atoms with E-state index in [9.17, 15) is 0 Å². The second-order valence-electron chi connectivity index (χ2n) is 5.88. The Hall–Kier alpha value is -2.49. The van der Waals surface area contributed by atoms with E-state index < -0.39 is 0 Å². The van der Waals surface area contributed by atoms with E-state index in [-0.39, 0.29) is 0 Å².